The summed E-state index contributed by atoms with van der Waals surface area (Å²) in [6.07, 6.45) is 0.232. The van der Waals surface area contributed by atoms with Crippen molar-refractivity contribution in [2.45, 2.75) is 13.3 Å². The van der Waals surface area contributed by atoms with E-state index in [1.807, 2.05) is 0 Å². The van der Waals surface area contributed by atoms with Gasteiger partial charge < -0.3 is 10.1 Å². The molecular weight excluding hydrogens is 134 g/mol. The molecule has 0 radical (unpaired) electrons. The number of methoxy groups -OCH3 is 1. The molecule has 0 aromatic heterocycles. The number of ether oxygens (including phenoxy) is 1. The Kier molecular flexibility index (Phi) is 4.28. The molecule has 0 rings (SSSR count). The molecule has 0 saturated carbocycles. The van der Waals surface area contributed by atoms with E-state index in [0.717, 1.165) is 0 Å². The van der Waals surface area contributed by atoms with Crippen molar-refractivity contribution in [1.82, 2.24) is 5.32 Å². The second-order valence-corrected chi connectivity index (χ2v) is 1.81. The summed E-state index contributed by atoms with van der Waals surface area (Å²) >= 11 is 0. The van der Waals surface area contributed by atoms with Gasteiger partial charge in [-0.1, -0.05) is 0 Å². The Bertz CT molecular complexity index is 133. The van der Waals surface area contributed by atoms with Crippen LogP contribution in [-0.2, 0) is 14.3 Å². The first kappa shape index (κ1) is 8.94. The molecule has 0 aromatic carbocycles. The molecule has 10 heavy (non-hydrogen) atoms. The molecule has 0 aromatic rings. The van der Waals surface area contributed by atoms with Gasteiger partial charge in [-0.05, 0) is 0 Å². The van der Waals surface area contributed by atoms with Gasteiger partial charge in [0.2, 0.25) is 5.91 Å². The zero-order chi connectivity index (χ0) is 7.98. The highest BCUT2D eigenvalue weighted by atomic mass is 16.5. The third-order valence-corrected chi connectivity index (χ3v) is 0.931. The normalized spacial score (nSPS) is 8.60. The highest BCUT2D eigenvalue weighted by Crippen LogP contribution is 1.80. The SMILES string of the molecule is COC(=O)CCNC(C)=O. The van der Waals surface area contributed by atoms with E-state index in [2.05, 4.69) is 10.1 Å². The van der Waals surface area contributed by atoms with Crippen molar-refractivity contribution in [3.05, 3.63) is 0 Å². The van der Waals surface area contributed by atoms with Crippen LogP contribution >= 0.6 is 0 Å². The fraction of sp³-hybridized carbons (Fsp3) is 0.667. The van der Waals surface area contributed by atoms with Crippen LogP contribution in [0, 0.1) is 0 Å². The molecule has 1 N–H and O–H groups in total. The van der Waals surface area contributed by atoms with Crippen LogP contribution in [0.3, 0.4) is 0 Å². The topological polar surface area (TPSA) is 55.4 Å². The fourth-order valence-electron chi connectivity index (χ4n) is 0.443. The molecule has 0 aliphatic rings. The summed E-state index contributed by atoms with van der Waals surface area (Å²) in [5.74, 6) is -0.447. The molecule has 0 aliphatic heterocycles. The van der Waals surface area contributed by atoms with Gasteiger partial charge in [-0.2, -0.15) is 0 Å². The zero-order valence-electron chi connectivity index (χ0n) is 6.14. The van der Waals surface area contributed by atoms with Crippen molar-refractivity contribution in [2.24, 2.45) is 0 Å². The van der Waals surface area contributed by atoms with E-state index < -0.39 is 0 Å². The van der Waals surface area contributed by atoms with Gasteiger partial charge in [0.25, 0.3) is 0 Å². The lowest BCUT2D eigenvalue weighted by Crippen LogP contribution is -2.23. The second-order valence-electron chi connectivity index (χ2n) is 1.81. The molecule has 4 heteroatoms. The maximum Gasteiger partial charge on any atom is 0.307 e. The molecular formula is C6H11NO3. The lowest BCUT2D eigenvalue weighted by atomic mass is 10.4. The highest BCUT2D eigenvalue weighted by Gasteiger charge is 1.98. The zero-order valence-corrected chi connectivity index (χ0v) is 6.14. The van der Waals surface area contributed by atoms with E-state index in [9.17, 15) is 9.59 Å². The number of hydrogen-bond donors (Lipinski definition) is 1. The molecule has 0 atom stereocenters. The third kappa shape index (κ3) is 5.08. The number of esters is 1. The van der Waals surface area contributed by atoms with Crippen molar-refractivity contribution in [3.63, 3.8) is 0 Å². The number of nitrogens with one attached hydrogen (secondary N) is 1. The summed E-state index contributed by atoms with van der Waals surface area (Å²) in [5, 5.41) is 2.47. The van der Waals surface area contributed by atoms with Crippen molar-refractivity contribution < 1.29 is 14.3 Å². The van der Waals surface area contributed by atoms with Gasteiger partial charge in [-0.25, -0.2) is 0 Å². The average molecular weight is 145 g/mol. The van der Waals surface area contributed by atoms with Crippen LogP contribution < -0.4 is 5.32 Å². The molecule has 0 heterocycles. The van der Waals surface area contributed by atoms with Gasteiger partial charge in [0.15, 0.2) is 0 Å². The quantitative estimate of drug-likeness (QED) is 0.554. The number of carbonyl (C=O) groups excluding carboxylic acids is 2. The monoisotopic (exact) mass is 145 g/mol. The van der Waals surface area contributed by atoms with E-state index in [0.29, 0.717) is 6.54 Å². The first-order valence-electron chi connectivity index (χ1n) is 2.98. The lowest BCUT2D eigenvalue weighted by Gasteiger charge is -1.98. The van der Waals surface area contributed by atoms with Gasteiger partial charge in [0.1, 0.15) is 0 Å². The molecule has 0 bridgehead atoms. The smallest absolute Gasteiger partial charge is 0.307 e. The molecule has 4 nitrogen and oxygen atoms in total. The Labute approximate surface area is 59.6 Å². The maximum absolute atomic E-state index is 10.4. The maximum atomic E-state index is 10.4. The minimum absolute atomic E-state index is 0.135. The molecule has 0 saturated heterocycles. The van der Waals surface area contributed by atoms with Crippen LogP contribution in [0.4, 0.5) is 0 Å². The number of amides is 1. The van der Waals surface area contributed by atoms with Gasteiger partial charge in [0.05, 0.1) is 13.5 Å². The molecule has 0 unspecified atom stereocenters. The Morgan fingerprint density at radius 1 is 1.50 bits per heavy atom. The molecule has 58 valence electrons. The number of carbonyl (C=O) groups is 2. The van der Waals surface area contributed by atoms with Crippen LogP contribution in [0.25, 0.3) is 0 Å². The predicted octanol–water partition coefficient (Wildman–Crippen LogP) is -0.314. The Morgan fingerprint density at radius 2 is 2.10 bits per heavy atom. The first-order valence-corrected chi connectivity index (χ1v) is 2.98. The first-order chi connectivity index (χ1) is 4.66. The van der Waals surface area contributed by atoms with Crippen LogP contribution in [0.5, 0.6) is 0 Å². The molecule has 1 amide bonds. The standard InChI is InChI=1S/C6H11NO3/c1-5(8)7-4-3-6(9)10-2/h3-4H2,1-2H3,(H,7,8). The summed E-state index contributed by atoms with van der Waals surface area (Å²) in [5.41, 5.74) is 0. The summed E-state index contributed by atoms with van der Waals surface area (Å²) in [6, 6.07) is 0. The van der Waals surface area contributed by atoms with Gasteiger partial charge in [0, 0.05) is 13.5 Å². The van der Waals surface area contributed by atoms with Crippen molar-refractivity contribution in [2.75, 3.05) is 13.7 Å². The summed E-state index contributed by atoms with van der Waals surface area (Å²) in [7, 11) is 1.32. The van der Waals surface area contributed by atoms with Crippen molar-refractivity contribution in [1.29, 1.82) is 0 Å². The minimum Gasteiger partial charge on any atom is -0.469 e. The summed E-state index contributed by atoms with van der Waals surface area (Å²) < 4.78 is 4.34. The van der Waals surface area contributed by atoms with Gasteiger partial charge in [-0.3, -0.25) is 9.59 Å². The molecule has 0 fully saturated rings. The summed E-state index contributed by atoms with van der Waals surface area (Å²) in [6.45, 7) is 1.75. The number of rotatable bonds is 3. The predicted molar refractivity (Wildman–Crippen MR) is 35.3 cm³/mol. The lowest BCUT2D eigenvalue weighted by molar-refractivity contribution is -0.140. The average Bonchev–Trinajstić information content (AvgIpc) is 1.87. The van der Waals surface area contributed by atoms with E-state index in [1.165, 1.54) is 14.0 Å². The highest BCUT2D eigenvalue weighted by molar-refractivity contribution is 5.74. The molecule has 0 spiro atoms. The molecule has 0 aliphatic carbocycles. The largest absolute Gasteiger partial charge is 0.469 e. The summed E-state index contributed by atoms with van der Waals surface area (Å²) in [4.78, 5) is 20.7. The number of hydrogen-bond acceptors (Lipinski definition) is 3. The van der Waals surface area contributed by atoms with Gasteiger partial charge >= 0.3 is 5.97 Å². The van der Waals surface area contributed by atoms with E-state index in [-0.39, 0.29) is 18.3 Å². The van der Waals surface area contributed by atoms with Crippen LogP contribution in [-0.4, -0.2) is 25.5 Å². The fourth-order valence-corrected chi connectivity index (χ4v) is 0.443. The van der Waals surface area contributed by atoms with Crippen LogP contribution in [0.2, 0.25) is 0 Å². The van der Waals surface area contributed by atoms with Crippen molar-refractivity contribution in [3.8, 4) is 0 Å². The third-order valence-electron chi connectivity index (χ3n) is 0.931. The second kappa shape index (κ2) is 4.78. The van der Waals surface area contributed by atoms with E-state index in [1.54, 1.807) is 0 Å². The van der Waals surface area contributed by atoms with Crippen molar-refractivity contribution >= 4 is 11.9 Å². The Balaban J connectivity index is 3.20. The Hall–Kier alpha value is -1.06. The van der Waals surface area contributed by atoms with E-state index in [4.69, 9.17) is 0 Å². The Morgan fingerprint density at radius 3 is 2.50 bits per heavy atom. The van der Waals surface area contributed by atoms with E-state index >= 15 is 0 Å². The van der Waals surface area contributed by atoms with Gasteiger partial charge in [-0.15, -0.1) is 0 Å². The van der Waals surface area contributed by atoms with Crippen LogP contribution in [0.1, 0.15) is 13.3 Å². The minimum atomic E-state index is -0.311. The van der Waals surface area contributed by atoms with Crippen LogP contribution in [0.15, 0.2) is 0 Å².